The SMILES string of the molecule is CC(C)(C#N)CCCS(=O)(=O)Cc1ccc(CO)cc1. The Morgan fingerprint density at radius 1 is 1.20 bits per heavy atom. The van der Waals surface area contributed by atoms with Crippen molar-refractivity contribution in [2.24, 2.45) is 5.41 Å². The first-order chi connectivity index (χ1) is 9.28. The monoisotopic (exact) mass is 295 g/mol. The number of nitriles is 1. The van der Waals surface area contributed by atoms with Crippen molar-refractivity contribution in [3.63, 3.8) is 0 Å². The van der Waals surface area contributed by atoms with Crippen molar-refractivity contribution in [1.82, 2.24) is 0 Å². The fourth-order valence-corrected chi connectivity index (χ4v) is 3.29. The van der Waals surface area contributed by atoms with Gasteiger partial charge in [0.1, 0.15) is 0 Å². The second-order valence-corrected chi connectivity index (χ2v) is 7.85. The van der Waals surface area contributed by atoms with Gasteiger partial charge in [0.15, 0.2) is 9.84 Å². The summed E-state index contributed by atoms with van der Waals surface area (Å²) in [6.07, 6.45) is 1.07. The summed E-state index contributed by atoms with van der Waals surface area (Å²) in [7, 11) is -3.16. The van der Waals surface area contributed by atoms with Crippen LogP contribution < -0.4 is 0 Å². The number of aliphatic hydroxyl groups is 1. The molecule has 1 rings (SSSR count). The second kappa shape index (κ2) is 6.87. The van der Waals surface area contributed by atoms with E-state index in [0.717, 1.165) is 11.1 Å². The van der Waals surface area contributed by atoms with Crippen LogP contribution in [-0.2, 0) is 22.2 Å². The van der Waals surface area contributed by atoms with Crippen molar-refractivity contribution in [3.05, 3.63) is 35.4 Å². The summed E-state index contributed by atoms with van der Waals surface area (Å²) in [5.74, 6) is 0.103. The summed E-state index contributed by atoms with van der Waals surface area (Å²) in [4.78, 5) is 0. The normalized spacial score (nSPS) is 12.1. The standard InChI is InChI=1S/C15H21NO3S/c1-15(2,12-16)8-3-9-20(18,19)11-14-6-4-13(10-17)5-7-14/h4-7,17H,3,8-11H2,1-2H3. The highest BCUT2D eigenvalue weighted by Gasteiger charge is 2.19. The topological polar surface area (TPSA) is 78.2 Å². The third-order valence-corrected chi connectivity index (χ3v) is 4.84. The van der Waals surface area contributed by atoms with Crippen LogP contribution in [-0.4, -0.2) is 19.3 Å². The Morgan fingerprint density at radius 3 is 2.25 bits per heavy atom. The van der Waals surface area contributed by atoms with E-state index < -0.39 is 15.3 Å². The number of benzene rings is 1. The summed E-state index contributed by atoms with van der Waals surface area (Å²) in [5, 5.41) is 17.8. The molecule has 0 aliphatic heterocycles. The van der Waals surface area contributed by atoms with Crippen molar-refractivity contribution in [2.75, 3.05) is 5.75 Å². The molecule has 0 amide bonds. The van der Waals surface area contributed by atoms with Crippen LogP contribution >= 0.6 is 0 Å². The zero-order valence-corrected chi connectivity index (χ0v) is 12.8. The fraction of sp³-hybridized carbons (Fsp3) is 0.533. The zero-order valence-electron chi connectivity index (χ0n) is 12.0. The molecule has 110 valence electrons. The van der Waals surface area contributed by atoms with Crippen LogP contribution in [0.15, 0.2) is 24.3 Å². The average molecular weight is 295 g/mol. The maximum Gasteiger partial charge on any atom is 0.154 e. The van der Waals surface area contributed by atoms with Crippen LogP contribution in [0.4, 0.5) is 0 Å². The maximum absolute atomic E-state index is 12.0. The lowest BCUT2D eigenvalue weighted by Gasteiger charge is -2.14. The lowest BCUT2D eigenvalue weighted by Crippen LogP contribution is -2.14. The Labute approximate surface area is 121 Å². The van der Waals surface area contributed by atoms with E-state index in [2.05, 4.69) is 6.07 Å². The summed E-state index contributed by atoms with van der Waals surface area (Å²) in [6.45, 7) is 3.58. The summed E-state index contributed by atoms with van der Waals surface area (Å²) in [5.41, 5.74) is 1.02. The Kier molecular flexibility index (Phi) is 5.73. The Balaban J connectivity index is 2.55. The van der Waals surface area contributed by atoms with Gasteiger partial charge in [-0.25, -0.2) is 8.42 Å². The summed E-state index contributed by atoms with van der Waals surface area (Å²) >= 11 is 0. The van der Waals surface area contributed by atoms with Crippen LogP contribution in [0, 0.1) is 16.7 Å². The van der Waals surface area contributed by atoms with Gasteiger partial charge in [-0.15, -0.1) is 0 Å². The Morgan fingerprint density at radius 2 is 1.75 bits per heavy atom. The molecule has 0 fully saturated rings. The van der Waals surface area contributed by atoms with Crippen molar-refractivity contribution >= 4 is 9.84 Å². The van der Waals surface area contributed by atoms with E-state index in [4.69, 9.17) is 10.4 Å². The molecule has 0 atom stereocenters. The molecular formula is C15H21NO3S. The quantitative estimate of drug-likeness (QED) is 0.838. The molecule has 20 heavy (non-hydrogen) atoms. The molecule has 0 unspecified atom stereocenters. The van der Waals surface area contributed by atoms with E-state index in [1.165, 1.54) is 0 Å². The molecule has 5 heteroatoms. The first-order valence-electron chi connectivity index (χ1n) is 6.58. The number of hydrogen-bond donors (Lipinski definition) is 1. The molecule has 0 heterocycles. The van der Waals surface area contributed by atoms with Gasteiger partial charge in [0.05, 0.1) is 29.6 Å². The maximum atomic E-state index is 12.0. The molecule has 0 spiro atoms. The summed E-state index contributed by atoms with van der Waals surface area (Å²) in [6, 6.07) is 9.07. The summed E-state index contributed by atoms with van der Waals surface area (Å²) < 4.78 is 24.0. The van der Waals surface area contributed by atoms with Crippen molar-refractivity contribution in [2.45, 2.75) is 39.0 Å². The molecule has 0 aliphatic rings. The van der Waals surface area contributed by atoms with Crippen LogP contribution in [0.2, 0.25) is 0 Å². The lowest BCUT2D eigenvalue weighted by atomic mass is 9.90. The Bertz CT molecular complexity index is 568. The van der Waals surface area contributed by atoms with Gasteiger partial charge >= 0.3 is 0 Å². The van der Waals surface area contributed by atoms with E-state index in [9.17, 15) is 8.42 Å². The highest BCUT2D eigenvalue weighted by atomic mass is 32.2. The zero-order chi connectivity index (χ0) is 15.2. The van der Waals surface area contributed by atoms with Crippen molar-refractivity contribution in [3.8, 4) is 6.07 Å². The van der Waals surface area contributed by atoms with Gasteiger partial charge in [-0.2, -0.15) is 5.26 Å². The van der Waals surface area contributed by atoms with Crippen molar-refractivity contribution < 1.29 is 13.5 Å². The van der Waals surface area contributed by atoms with Gasteiger partial charge in [0.25, 0.3) is 0 Å². The van der Waals surface area contributed by atoms with Gasteiger partial charge in [0.2, 0.25) is 0 Å². The van der Waals surface area contributed by atoms with Crippen LogP contribution in [0.1, 0.15) is 37.8 Å². The number of nitrogens with zero attached hydrogens (tertiary/aromatic N) is 1. The first-order valence-corrected chi connectivity index (χ1v) is 8.40. The van der Waals surface area contributed by atoms with Gasteiger partial charge < -0.3 is 5.11 Å². The van der Waals surface area contributed by atoms with E-state index in [1.54, 1.807) is 24.3 Å². The number of aliphatic hydroxyl groups excluding tert-OH is 1. The van der Waals surface area contributed by atoms with Gasteiger partial charge in [0, 0.05) is 0 Å². The third kappa shape index (κ3) is 5.72. The molecule has 1 aromatic carbocycles. The highest BCUT2D eigenvalue weighted by Crippen LogP contribution is 2.21. The highest BCUT2D eigenvalue weighted by molar-refractivity contribution is 7.90. The molecule has 1 N–H and O–H groups in total. The predicted molar refractivity (Wildman–Crippen MR) is 78.5 cm³/mol. The number of sulfone groups is 1. The minimum atomic E-state index is -3.16. The largest absolute Gasteiger partial charge is 0.392 e. The molecule has 1 aromatic rings. The van der Waals surface area contributed by atoms with E-state index in [1.807, 2.05) is 13.8 Å². The van der Waals surface area contributed by atoms with Crippen LogP contribution in [0.25, 0.3) is 0 Å². The molecular weight excluding hydrogens is 274 g/mol. The van der Waals surface area contributed by atoms with E-state index in [-0.39, 0.29) is 18.1 Å². The first kappa shape index (κ1) is 16.7. The smallest absolute Gasteiger partial charge is 0.154 e. The fourth-order valence-electron chi connectivity index (χ4n) is 1.86. The lowest BCUT2D eigenvalue weighted by molar-refractivity contribution is 0.282. The molecule has 0 saturated heterocycles. The minimum Gasteiger partial charge on any atom is -0.392 e. The molecule has 0 radical (unpaired) electrons. The van der Waals surface area contributed by atoms with Gasteiger partial charge in [-0.1, -0.05) is 24.3 Å². The molecule has 0 aromatic heterocycles. The molecule has 0 saturated carbocycles. The minimum absolute atomic E-state index is 0.00565. The van der Waals surface area contributed by atoms with E-state index >= 15 is 0 Å². The average Bonchev–Trinajstić information content (AvgIpc) is 2.38. The van der Waals surface area contributed by atoms with E-state index in [0.29, 0.717) is 12.8 Å². The second-order valence-electron chi connectivity index (χ2n) is 5.67. The number of hydrogen-bond acceptors (Lipinski definition) is 4. The van der Waals surface area contributed by atoms with Crippen LogP contribution in [0.3, 0.4) is 0 Å². The Hall–Kier alpha value is -1.38. The van der Waals surface area contributed by atoms with Gasteiger partial charge in [-0.3, -0.25) is 0 Å². The molecule has 4 nitrogen and oxygen atoms in total. The predicted octanol–water partition coefficient (Wildman–Crippen LogP) is 2.42. The molecule has 0 bridgehead atoms. The number of rotatable bonds is 7. The third-order valence-electron chi connectivity index (χ3n) is 3.15. The van der Waals surface area contributed by atoms with Crippen LogP contribution in [0.5, 0.6) is 0 Å². The van der Waals surface area contributed by atoms with Gasteiger partial charge in [-0.05, 0) is 37.8 Å². The van der Waals surface area contributed by atoms with Crippen molar-refractivity contribution in [1.29, 1.82) is 5.26 Å². The molecule has 0 aliphatic carbocycles.